The number of rotatable bonds is 7. The molecule has 7 heteroatoms. The number of hydrogen-bond acceptors (Lipinski definition) is 3. The largest absolute Gasteiger partial charge is 0.481 e. The lowest BCUT2D eigenvalue weighted by molar-refractivity contribution is -0.131. The Morgan fingerprint density at radius 1 is 1.06 bits per heavy atom. The van der Waals surface area contributed by atoms with Crippen molar-refractivity contribution in [1.29, 1.82) is 0 Å². The molecule has 1 N–H and O–H groups in total. The summed E-state index contributed by atoms with van der Waals surface area (Å²) in [6, 6.07) is 17.5. The van der Waals surface area contributed by atoms with E-state index in [0.717, 1.165) is 16.7 Å². The molecule has 0 spiro atoms. The summed E-state index contributed by atoms with van der Waals surface area (Å²) in [5.41, 5.74) is 3.44. The van der Waals surface area contributed by atoms with Crippen molar-refractivity contribution >= 4 is 11.8 Å². The maximum absolute atomic E-state index is 13.6. The van der Waals surface area contributed by atoms with Crippen LogP contribution in [0.25, 0.3) is 0 Å². The minimum absolute atomic E-state index is 0.0699. The van der Waals surface area contributed by atoms with Crippen molar-refractivity contribution in [2.45, 2.75) is 45.4 Å². The van der Waals surface area contributed by atoms with Gasteiger partial charge in [-0.1, -0.05) is 37.3 Å². The molecule has 3 aromatic carbocycles. The summed E-state index contributed by atoms with van der Waals surface area (Å²) in [7, 11) is 0. The Hall–Kier alpha value is -3.74. The quantitative estimate of drug-likeness (QED) is 0.524. The molecule has 1 heterocycles. The second-order valence-electron chi connectivity index (χ2n) is 8.64. The van der Waals surface area contributed by atoms with Crippen LogP contribution in [0.2, 0.25) is 0 Å². The molecule has 1 aliphatic heterocycles. The van der Waals surface area contributed by atoms with Gasteiger partial charge in [0.15, 0.2) is 6.10 Å². The fourth-order valence-electron chi connectivity index (χ4n) is 4.45. The highest BCUT2D eigenvalue weighted by molar-refractivity contribution is 5.81. The first-order valence-corrected chi connectivity index (χ1v) is 11.7. The van der Waals surface area contributed by atoms with Crippen molar-refractivity contribution in [3.05, 3.63) is 101 Å². The number of carbonyl (C=O) groups excluding carboxylic acids is 2. The second kappa shape index (κ2) is 10.7. The van der Waals surface area contributed by atoms with E-state index in [2.05, 4.69) is 5.32 Å². The Bertz CT molecular complexity index is 1210. The molecule has 4 rings (SSSR count). The Labute approximate surface area is 203 Å². The Kier molecular flexibility index (Phi) is 7.44. The van der Waals surface area contributed by atoms with Crippen molar-refractivity contribution in [3.8, 4) is 5.75 Å². The van der Waals surface area contributed by atoms with Crippen molar-refractivity contribution in [2.24, 2.45) is 0 Å². The maximum atomic E-state index is 13.6. The molecule has 2 amide bonds. The number of nitrogens with one attached hydrogen (secondary N) is 1. The van der Waals surface area contributed by atoms with Gasteiger partial charge in [0.05, 0.1) is 6.04 Å². The van der Waals surface area contributed by atoms with Crippen molar-refractivity contribution < 1.29 is 23.1 Å². The summed E-state index contributed by atoms with van der Waals surface area (Å²) in [5.74, 6) is -0.556. The summed E-state index contributed by atoms with van der Waals surface area (Å²) in [4.78, 5) is 26.9. The molecule has 182 valence electrons. The first kappa shape index (κ1) is 24.4. The summed E-state index contributed by atoms with van der Waals surface area (Å²) >= 11 is 0. The summed E-state index contributed by atoms with van der Waals surface area (Å²) in [5, 5.41) is 2.80. The van der Waals surface area contributed by atoms with Crippen LogP contribution in [0, 0.1) is 11.6 Å². The van der Waals surface area contributed by atoms with Gasteiger partial charge in [-0.15, -0.1) is 0 Å². The average Bonchev–Trinajstić information content (AvgIpc) is 2.85. The van der Waals surface area contributed by atoms with Gasteiger partial charge < -0.3 is 15.0 Å². The zero-order valence-electron chi connectivity index (χ0n) is 19.8. The summed E-state index contributed by atoms with van der Waals surface area (Å²) in [6.07, 6.45) is 0.393. The highest BCUT2D eigenvalue weighted by Gasteiger charge is 2.31. The van der Waals surface area contributed by atoms with E-state index in [1.807, 2.05) is 25.1 Å². The number of ether oxygens (including phenoxy) is 1. The molecule has 0 aliphatic carbocycles. The average molecular weight is 479 g/mol. The van der Waals surface area contributed by atoms with Crippen LogP contribution in [0.15, 0.2) is 66.7 Å². The first-order chi connectivity index (χ1) is 16.9. The van der Waals surface area contributed by atoms with E-state index in [1.165, 1.54) is 31.2 Å². The third kappa shape index (κ3) is 5.67. The third-order valence-electron chi connectivity index (χ3n) is 6.23. The second-order valence-corrected chi connectivity index (χ2v) is 8.64. The maximum Gasteiger partial charge on any atom is 0.261 e. The van der Waals surface area contributed by atoms with E-state index < -0.39 is 6.10 Å². The molecule has 0 saturated heterocycles. The van der Waals surface area contributed by atoms with E-state index in [1.54, 1.807) is 29.2 Å². The molecule has 1 aliphatic rings. The van der Waals surface area contributed by atoms with Gasteiger partial charge in [0.2, 0.25) is 5.91 Å². The summed E-state index contributed by atoms with van der Waals surface area (Å²) in [6.45, 7) is 4.13. The van der Waals surface area contributed by atoms with Crippen LogP contribution in [-0.4, -0.2) is 29.4 Å². The minimum Gasteiger partial charge on any atom is -0.481 e. The van der Waals surface area contributed by atoms with Gasteiger partial charge in [0.25, 0.3) is 5.91 Å². The van der Waals surface area contributed by atoms with Gasteiger partial charge >= 0.3 is 0 Å². The van der Waals surface area contributed by atoms with Gasteiger partial charge in [0, 0.05) is 20.0 Å². The van der Waals surface area contributed by atoms with Crippen molar-refractivity contribution in [1.82, 2.24) is 10.2 Å². The highest BCUT2D eigenvalue weighted by atomic mass is 19.1. The lowest BCUT2D eigenvalue weighted by Crippen LogP contribution is -2.39. The Morgan fingerprint density at radius 3 is 2.51 bits per heavy atom. The van der Waals surface area contributed by atoms with E-state index in [4.69, 9.17) is 4.74 Å². The van der Waals surface area contributed by atoms with Crippen LogP contribution in [0.3, 0.4) is 0 Å². The fraction of sp³-hybridized carbons (Fsp3) is 0.286. The molecule has 5 nitrogen and oxygen atoms in total. The van der Waals surface area contributed by atoms with Gasteiger partial charge in [-0.05, 0) is 71.5 Å². The lowest BCUT2D eigenvalue weighted by Gasteiger charge is -2.37. The van der Waals surface area contributed by atoms with Crippen LogP contribution in [0.4, 0.5) is 8.78 Å². The van der Waals surface area contributed by atoms with Crippen molar-refractivity contribution in [2.75, 3.05) is 6.54 Å². The predicted molar refractivity (Wildman–Crippen MR) is 129 cm³/mol. The number of halogens is 2. The number of fused-ring (bicyclic) bond motifs is 1. The van der Waals surface area contributed by atoms with Gasteiger partial charge in [-0.3, -0.25) is 9.59 Å². The van der Waals surface area contributed by atoms with E-state index >= 15 is 0 Å². The molecular weight excluding hydrogens is 450 g/mol. The minimum atomic E-state index is -0.738. The van der Waals surface area contributed by atoms with Crippen LogP contribution in [-0.2, 0) is 22.6 Å². The topological polar surface area (TPSA) is 58.6 Å². The molecule has 0 aromatic heterocycles. The van der Waals surface area contributed by atoms with E-state index in [0.29, 0.717) is 30.7 Å². The van der Waals surface area contributed by atoms with Crippen LogP contribution < -0.4 is 10.1 Å². The lowest BCUT2D eigenvalue weighted by atomic mass is 9.88. The Morgan fingerprint density at radius 2 is 1.83 bits per heavy atom. The van der Waals surface area contributed by atoms with Crippen LogP contribution >= 0.6 is 0 Å². The fourth-order valence-corrected chi connectivity index (χ4v) is 4.45. The number of benzene rings is 3. The highest BCUT2D eigenvalue weighted by Crippen LogP contribution is 2.37. The molecule has 3 aromatic rings. The van der Waals surface area contributed by atoms with Gasteiger partial charge in [0.1, 0.15) is 17.4 Å². The van der Waals surface area contributed by atoms with E-state index in [9.17, 15) is 18.4 Å². The zero-order chi connectivity index (χ0) is 24.9. The van der Waals surface area contributed by atoms with Gasteiger partial charge in [-0.25, -0.2) is 8.78 Å². The number of nitrogens with zero attached hydrogens (tertiary/aromatic N) is 1. The molecule has 0 bridgehead atoms. The number of hydrogen-bond donors (Lipinski definition) is 1. The molecule has 0 saturated carbocycles. The number of amides is 2. The van der Waals surface area contributed by atoms with Crippen LogP contribution in [0.5, 0.6) is 5.75 Å². The molecule has 0 fully saturated rings. The summed E-state index contributed by atoms with van der Waals surface area (Å²) < 4.78 is 33.0. The normalized spacial score (nSPS) is 15.8. The molecule has 35 heavy (non-hydrogen) atoms. The molecule has 2 unspecified atom stereocenters. The molecule has 2 atom stereocenters. The van der Waals surface area contributed by atoms with E-state index in [-0.39, 0.29) is 36.0 Å². The standard InChI is InChI=1S/C28H28F2N2O3/c1-3-26(28(34)31-17-19-5-4-6-23(30)15-19)35-24-12-9-20-13-14-32(18(2)33)27(25(20)16-24)21-7-10-22(29)11-8-21/h4-12,15-16,26-27H,3,13-14,17H2,1-2H3,(H,31,34). The molecule has 0 radical (unpaired) electrons. The Balaban J connectivity index is 1.55. The SMILES string of the molecule is CCC(Oc1ccc2c(c1)C(c1ccc(F)cc1)N(C(C)=O)CC2)C(=O)NCc1cccc(F)c1. The van der Waals surface area contributed by atoms with Crippen LogP contribution in [0.1, 0.15) is 48.6 Å². The van der Waals surface area contributed by atoms with Gasteiger partial charge in [-0.2, -0.15) is 0 Å². The van der Waals surface area contributed by atoms with Crippen molar-refractivity contribution in [3.63, 3.8) is 0 Å². The molecular formula is C28H28F2N2O3. The predicted octanol–water partition coefficient (Wildman–Crippen LogP) is 4.93. The monoisotopic (exact) mass is 478 g/mol. The first-order valence-electron chi connectivity index (χ1n) is 11.7. The third-order valence-corrected chi connectivity index (χ3v) is 6.23. The number of carbonyl (C=O) groups is 2. The smallest absolute Gasteiger partial charge is 0.261 e. The zero-order valence-corrected chi connectivity index (χ0v) is 19.8.